The highest BCUT2D eigenvalue weighted by Gasteiger charge is 2.30. The predicted octanol–water partition coefficient (Wildman–Crippen LogP) is 6.48. The van der Waals surface area contributed by atoms with Crippen molar-refractivity contribution in [1.29, 1.82) is 0 Å². The lowest BCUT2D eigenvalue weighted by Crippen LogP contribution is -2.48. The van der Waals surface area contributed by atoms with Gasteiger partial charge in [0.1, 0.15) is 6.04 Å². The van der Waals surface area contributed by atoms with E-state index in [0.29, 0.717) is 5.13 Å². The quantitative estimate of drug-likeness (QED) is 0.265. The minimum atomic E-state index is -0.711. The number of nitrogens with zero attached hydrogens (tertiary/aromatic N) is 1. The number of thiazole rings is 1. The van der Waals surface area contributed by atoms with Crippen LogP contribution in [-0.2, 0) is 9.59 Å². The maximum absolute atomic E-state index is 13.5. The van der Waals surface area contributed by atoms with Crippen molar-refractivity contribution in [2.24, 2.45) is 5.92 Å². The summed E-state index contributed by atoms with van der Waals surface area (Å²) in [6.07, 6.45) is 0. The number of hydrogen-bond acceptors (Lipinski definition) is 4. The number of halogens is 1. The molecule has 0 aliphatic carbocycles. The maximum atomic E-state index is 13.5. The van der Waals surface area contributed by atoms with Crippen LogP contribution >= 0.6 is 27.3 Å². The number of carbonyl (C=O) groups excluding carboxylic acids is 2. The van der Waals surface area contributed by atoms with E-state index in [0.717, 1.165) is 26.9 Å². The van der Waals surface area contributed by atoms with E-state index in [4.69, 9.17) is 0 Å². The normalized spacial score (nSPS) is 11.9. The summed E-state index contributed by atoms with van der Waals surface area (Å²) in [6, 6.07) is 26.3. The molecule has 4 rings (SSSR count). The van der Waals surface area contributed by atoms with Crippen molar-refractivity contribution >= 4 is 44.2 Å². The van der Waals surface area contributed by atoms with E-state index in [-0.39, 0.29) is 17.7 Å². The fraction of sp³-hybridized carbons (Fsp3) is 0.179. The summed E-state index contributed by atoms with van der Waals surface area (Å²) in [7, 11) is 0. The van der Waals surface area contributed by atoms with Gasteiger partial charge in [-0.2, -0.15) is 0 Å². The van der Waals surface area contributed by atoms with Crippen LogP contribution < -0.4 is 10.6 Å². The Balaban J connectivity index is 1.51. The Morgan fingerprint density at radius 2 is 1.40 bits per heavy atom. The predicted molar refractivity (Wildman–Crippen MR) is 145 cm³/mol. The summed E-state index contributed by atoms with van der Waals surface area (Å²) < 4.78 is 0.991. The molecule has 5 nitrogen and oxygen atoms in total. The first-order valence-corrected chi connectivity index (χ1v) is 13.0. The van der Waals surface area contributed by atoms with E-state index in [1.54, 1.807) is 0 Å². The number of carbonyl (C=O) groups is 2. The van der Waals surface area contributed by atoms with Crippen molar-refractivity contribution in [3.05, 3.63) is 106 Å². The number of hydrogen-bond donors (Lipinski definition) is 2. The van der Waals surface area contributed by atoms with E-state index in [9.17, 15) is 9.59 Å². The van der Waals surface area contributed by atoms with Gasteiger partial charge < -0.3 is 10.6 Å². The summed E-state index contributed by atoms with van der Waals surface area (Å²) in [5.74, 6) is -1.14. The molecule has 1 atom stereocenters. The number of amides is 2. The van der Waals surface area contributed by atoms with Crippen molar-refractivity contribution in [2.45, 2.75) is 25.8 Å². The summed E-state index contributed by atoms with van der Waals surface area (Å²) in [4.78, 5) is 31.3. The zero-order chi connectivity index (χ0) is 24.8. The smallest absolute Gasteiger partial charge is 0.248 e. The van der Waals surface area contributed by atoms with Crippen LogP contribution in [0.4, 0.5) is 5.13 Å². The average molecular weight is 549 g/mol. The molecule has 7 heteroatoms. The molecule has 2 amide bonds. The Morgan fingerprint density at radius 1 is 0.829 bits per heavy atom. The molecule has 0 aliphatic rings. The first-order valence-electron chi connectivity index (χ1n) is 11.3. The monoisotopic (exact) mass is 547 g/mol. The van der Waals surface area contributed by atoms with Crippen LogP contribution in [0, 0.1) is 5.92 Å². The highest BCUT2D eigenvalue weighted by molar-refractivity contribution is 9.10. The zero-order valence-electron chi connectivity index (χ0n) is 19.4. The van der Waals surface area contributed by atoms with Gasteiger partial charge in [-0.05, 0) is 29.2 Å². The Labute approximate surface area is 217 Å². The van der Waals surface area contributed by atoms with Crippen molar-refractivity contribution < 1.29 is 9.59 Å². The number of rotatable bonds is 8. The van der Waals surface area contributed by atoms with Crippen molar-refractivity contribution in [2.75, 3.05) is 5.32 Å². The largest absolute Gasteiger partial charge is 0.343 e. The molecule has 4 aromatic rings. The Bertz CT molecular complexity index is 1240. The summed E-state index contributed by atoms with van der Waals surface area (Å²) in [5, 5.41) is 8.29. The van der Waals surface area contributed by atoms with Crippen LogP contribution in [-0.4, -0.2) is 22.8 Å². The highest BCUT2D eigenvalue weighted by atomic mass is 79.9. The Kier molecular flexibility index (Phi) is 8.10. The lowest BCUT2D eigenvalue weighted by molar-refractivity contribution is -0.127. The molecule has 1 aromatic heterocycles. The molecule has 0 aliphatic heterocycles. The van der Waals surface area contributed by atoms with Gasteiger partial charge in [-0.3, -0.25) is 9.59 Å². The minimum Gasteiger partial charge on any atom is -0.343 e. The molecular weight excluding hydrogens is 522 g/mol. The molecule has 0 saturated carbocycles. The van der Waals surface area contributed by atoms with Crippen LogP contribution in [0.2, 0.25) is 0 Å². The van der Waals surface area contributed by atoms with Gasteiger partial charge in [0.25, 0.3) is 0 Å². The van der Waals surface area contributed by atoms with Crippen LogP contribution in [0.25, 0.3) is 11.3 Å². The van der Waals surface area contributed by atoms with Crippen LogP contribution in [0.5, 0.6) is 0 Å². The molecule has 0 radical (unpaired) electrons. The third-order valence-corrected chi connectivity index (χ3v) is 6.94. The molecule has 35 heavy (non-hydrogen) atoms. The van der Waals surface area contributed by atoms with E-state index in [1.165, 1.54) is 11.3 Å². The fourth-order valence-electron chi connectivity index (χ4n) is 3.83. The second-order valence-corrected chi connectivity index (χ2v) is 10.3. The van der Waals surface area contributed by atoms with Crippen molar-refractivity contribution in [1.82, 2.24) is 10.3 Å². The molecule has 1 heterocycles. The summed E-state index contributed by atoms with van der Waals surface area (Å²) in [6.45, 7) is 3.83. The van der Waals surface area contributed by atoms with Crippen LogP contribution in [0.15, 0.2) is 94.8 Å². The van der Waals surface area contributed by atoms with Gasteiger partial charge >= 0.3 is 0 Å². The van der Waals surface area contributed by atoms with Gasteiger partial charge in [0.05, 0.1) is 11.6 Å². The van der Waals surface area contributed by atoms with Gasteiger partial charge in [0.15, 0.2) is 5.13 Å². The molecule has 2 N–H and O–H groups in total. The minimum absolute atomic E-state index is 0.114. The van der Waals surface area contributed by atoms with Gasteiger partial charge in [0, 0.05) is 15.4 Å². The topological polar surface area (TPSA) is 71.1 Å². The third kappa shape index (κ3) is 6.24. The fourth-order valence-corrected chi connectivity index (χ4v) is 4.81. The molecule has 0 unspecified atom stereocenters. The van der Waals surface area contributed by atoms with Gasteiger partial charge in [0.2, 0.25) is 11.8 Å². The first kappa shape index (κ1) is 24.8. The van der Waals surface area contributed by atoms with Crippen LogP contribution in [0.1, 0.15) is 30.9 Å². The van der Waals surface area contributed by atoms with E-state index in [1.807, 2.05) is 104 Å². The number of aromatic nitrogens is 1. The molecule has 178 valence electrons. The van der Waals surface area contributed by atoms with Crippen molar-refractivity contribution in [3.8, 4) is 11.3 Å². The number of benzene rings is 3. The molecule has 0 bridgehead atoms. The van der Waals surface area contributed by atoms with Crippen LogP contribution in [0.3, 0.4) is 0 Å². The SMILES string of the molecule is CC(C)[C@H](NC(=O)C(c1ccccc1)c1ccccc1)C(=O)Nc1nc(-c2ccc(Br)cc2)cs1. The van der Waals surface area contributed by atoms with E-state index in [2.05, 4.69) is 31.5 Å². The Hall–Kier alpha value is -3.29. The molecule has 0 spiro atoms. The zero-order valence-corrected chi connectivity index (χ0v) is 21.8. The Morgan fingerprint density at radius 3 is 1.94 bits per heavy atom. The molecule has 0 fully saturated rings. The summed E-state index contributed by atoms with van der Waals surface area (Å²) >= 11 is 4.79. The van der Waals surface area contributed by atoms with Crippen molar-refractivity contribution in [3.63, 3.8) is 0 Å². The lowest BCUT2D eigenvalue weighted by Gasteiger charge is -2.25. The maximum Gasteiger partial charge on any atom is 0.248 e. The molecule has 0 saturated heterocycles. The highest BCUT2D eigenvalue weighted by Crippen LogP contribution is 2.27. The second kappa shape index (κ2) is 11.4. The average Bonchev–Trinajstić information content (AvgIpc) is 3.32. The lowest BCUT2D eigenvalue weighted by atomic mass is 9.89. The number of nitrogens with one attached hydrogen (secondary N) is 2. The second-order valence-electron chi connectivity index (χ2n) is 8.52. The first-order chi connectivity index (χ1) is 16.9. The molecular formula is C28H26BrN3O2S. The third-order valence-electron chi connectivity index (χ3n) is 5.65. The standard InChI is InChI=1S/C28H26BrN3O2S/c1-18(2)25(27(34)32-28-30-23(17-35-28)19-13-15-22(29)16-14-19)31-26(33)24(20-9-5-3-6-10-20)21-11-7-4-8-12-21/h3-18,24-25H,1-2H3,(H,31,33)(H,30,32,34)/t25-/m0/s1. The summed E-state index contributed by atoms with van der Waals surface area (Å²) in [5.41, 5.74) is 3.50. The molecule has 3 aromatic carbocycles. The van der Waals surface area contributed by atoms with Gasteiger partial charge in [-0.25, -0.2) is 4.98 Å². The van der Waals surface area contributed by atoms with E-state index < -0.39 is 12.0 Å². The number of anilines is 1. The van der Waals surface area contributed by atoms with Gasteiger partial charge in [-0.15, -0.1) is 11.3 Å². The van der Waals surface area contributed by atoms with Gasteiger partial charge in [-0.1, -0.05) is 103 Å². The van der Waals surface area contributed by atoms with E-state index >= 15 is 0 Å².